The number of aryl methyl sites for hydroxylation is 1. The summed E-state index contributed by atoms with van der Waals surface area (Å²) in [6, 6.07) is 11.1. The Labute approximate surface area is 307 Å². The van der Waals surface area contributed by atoms with Crippen LogP contribution in [0.4, 0.5) is 5.69 Å². The summed E-state index contributed by atoms with van der Waals surface area (Å²) in [6.07, 6.45) is 0.872. The number of phenolic OH excluding ortho intramolecular Hbond substituents is 1. The molecule has 4 aliphatic rings. The van der Waals surface area contributed by atoms with Crippen LogP contribution in [-0.4, -0.2) is 83.6 Å². The van der Waals surface area contributed by atoms with Gasteiger partial charge in [-0.1, -0.05) is 24.3 Å². The van der Waals surface area contributed by atoms with Gasteiger partial charge in [-0.05, 0) is 76.1 Å². The van der Waals surface area contributed by atoms with Crippen LogP contribution >= 0.6 is 12.2 Å². The van der Waals surface area contributed by atoms with Crippen LogP contribution in [0.1, 0.15) is 59.3 Å². The highest BCUT2D eigenvalue weighted by molar-refractivity contribution is 7.80. The number of nitrogens with one attached hydrogen (secondary N) is 3. The molecule has 6 atom stereocenters. The molecular formula is C38H42N6O7S. The van der Waals surface area contributed by atoms with Crippen molar-refractivity contribution in [1.82, 2.24) is 20.4 Å². The van der Waals surface area contributed by atoms with E-state index in [1.54, 1.807) is 6.92 Å². The van der Waals surface area contributed by atoms with Crippen molar-refractivity contribution in [2.75, 3.05) is 32.8 Å². The number of ether oxygens (including phenoxy) is 4. The Morgan fingerprint density at radius 1 is 1.12 bits per heavy atom. The second kappa shape index (κ2) is 13.8. The van der Waals surface area contributed by atoms with Crippen LogP contribution in [0.15, 0.2) is 36.4 Å². The second-order valence-corrected chi connectivity index (χ2v) is 14.2. The summed E-state index contributed by atoms with van der Waals surface area (Å²) in [5, 5.41) is 32.2. The molecule has 1 amide bonds. The van der Waals surface area contributed by atoms with Gasteiger partial charge in [0.25, 0.3) is 0 Å². The molecule has 0 aliphatic carbocycles. The minimum atomic E-state index is -0.708. The van der Waals surface area contributed by atoms with Crippen molar-refractivity contribution >= 4 is 34.9 Å². The largest absolute Gasteiger partial charge is 0.504 e. The number of rotatable bonds is 7. The minimum absolute atomic E-state index is 0.0302. The van der Waals surface area contributed by atoms with Gasteiger partial charge in [0.15, 0.2) is 28.1 Å². The van der Waals surface area contributed by atoms with Gasteiger partial charge < -0.3 is 40.0 Å². The fraction of sp³-hybridized carbons (Fsp3) is 0.421. The number of hydrogen-bond acceptors (Lipinski definition) is 11. The van der Waals surface area contributed by atoms with Crippen molar-refractivity contribution in [3.63, 3.8) is 0 Å². The number of aromatic hydroxyl groups is 1. The molecule has 7 rings (SSSR count). The lowest BCUT2D eigenvalue weighted by molar-refractivity contribution is -0.132. The van der Waals surface area contributed by atoms with Crippen LogP contribution in [0.3, 0.4) is 0 Å². The predicted molar refractivity (Wildman–Crippen MR) is 196 cm³/mol. The van der Waals surface area contributed by atoms with Gasteiger partial charge in [-0.15, -0.1) is 0 Å². The monoisotopic (exact) mass is 726 g/mol. The van der Waals surface area contributed by atoms with Gasteiger partial charge in [0.1, 0.15) is 17.8 Å². The number of carbonyl (C=O) groups excluding carboxylic acids is 2. The van der Waals surface area contributed by atoms with E-state index >= 15 is 0 Å². The number of piperazine rings is 1. The fourth-order valence-electron chi connectivity index (χ4n) is 8.61. The number of benzene rings is 3. The Morgan fingerprint density at radius 3 is 2.54 bits per heavy atom. The van der Waals surface area contributed by atoms with Crippen LogP contribution in [0.25, 0.3) is 0 Å². The first-order valence-corrected chi connectivity index (χ1v) is 17.7. The lowest BCUT2D eigenvalue weighted by Crippen LogP contribution is -2.69. The standard InChI is InChI=1S/C38H42N6O7S/c1-18-12-22-13-25-27(15-39)44-26(31(43(25)5)29(22)32(46)33(18)48-6)14-24-30(36-35(49-17-50-36)19(2)34(24)51-21(4)45)28(44)16-40-37(47)20(3)41-38(52)42-23-10-8-7-9-11-23/h7-12,20,25-28,31,46H,13-14,16-17H2,1-6H3,(H,40,47)(H2,41,42,52)/t20?,25-,26?,27+,28+,31-/m1/s1. The fourth-order valence-corrected chi connectivity index (χ4v) is 8.91. The van der Waals surface area contributed by atoms with Gasteiger partial charge in [0.2, 0.25) is 12.7 Å². The van der Waals surface area contributed by atoms with E-state index in [1.807, 2.05) is 57.3 Å². The molecule has 2 unspecified atom stereocenters. The highest BCUT2D eigenvalue weighted by Gasteiger charge is 2.57. The van der Waals surface area contributed by atoms with Gasteiger partial charge in [-0.25, -0.2) is 0 Å². The summed E-state index contributed by atoms with van der Waals surface area (Å²) < 4.78 is 23.6. The molecule has 0 spiro atoms. The average molecular weight is 727 g/mol. The summed E-state index contributed by atoms with van der Waals surface area (Å²) in [5.74, 6) is 1.00. The van der Waals surface area contributed by atoms with Crippen molar-refractivity contribution in [1.29, 1.82) is 5.26 Å². The van der Waals surface area contributed by atoms with Crippen molar-refractivity contribution < 1.29 is 33.6 Å². The number of fused-ring (bicyclic) bond motifs is 9. The number of nitriles is 1. The van der Waals surface area contributed by atoms with Crippen LogP contribution in [0.2, 0.25) is 0 Å². The van der Waals surface area contributed by atoms with E-state index in [-0.39, 0.29) is 37.1 Å². The molecule has 0 radical (unpaired) electrons. The Kier molecular flexibility index (Phi) is 9.37. The number of anilines is 1. The molecule has 0 saturated carbocycles. The lowest BCUT2D eigenvalue weighted by Gasteiger charge is -2.60. The molecule has 52 heavy (non-hydrogen) atoms. The predicted octanol–water partition coefficient (Wildman–Crippen LogP) is 3.93. The Morgan fingerprint density at radius 2 is 1.85 bits per heavy atom. The zero-order chi connectivity index (χ0) is 37.0. The van der Waals surface area contributed by atoms with Crippen LogP contribution in [0.5, 0.6) is 28.7 Å². The quantitative estimate of drug-likeness (QED) is 0.158. The van der Waals surface area contributed by atoms with E-state index in [0.29, 0.717) is 52.1 Å². The summed E-state index contributed by atoms with van der Waals surface area (Å²) in [6.45, 7) is 6.85. The van der Waals surface area contributed by atoms with Crippen molar-refractivity contribution in [2.24, 2.45) is 0 Å². The van der Waals surface area contributed by atoms with Crippen molar-refractivity contribution in [3.8, 4) is 34.8 Å². The van der Waals surface area contributed by atoms with E-state index < -0.39 is 30.1 Å². The molecule has 4 aliphatic heterocycles. The SMILES string of the molecule is COc1c(C)cc2c(c1O)[C@H]1C3Cc4c(OC(C)=O)c(C)c5c(c4[C@H](CNC(=O)C(C)NC(=S)Nc4ccccc4)N3[C@@H](C#N)[C@@H](C2)N1C)OCO5. The van der Waals surface area contributed by atoms with E-state index in [1.165, 1.54) is 14.0 Å². The van der Waals surface area contributed by atoms with E-state index in [0.717, 1.165) is 27.9 Å². The highest BCUT2D eigenvalue weighted by atomic mass is 32.1. The van der Waals surface area contributed by atoms with Gasteiger partial charge in [0, 0.05) is 53.5 Å². The maximum atomic E-state index is 13.7. The molecule has 4 N–H and O–H groups in total. The van der Waals surface area contributed by atoms with Gasteiger partial charge in [0.05, 0.1) is 25.3 Å². The number of methoxy groups -OCH3 is 1. The normalized spacial score (nSPS) is 23.2. The minimum Gasteiger partial charge on any atom is -0.504 e. The van der Waals surface area contributed by atoms with Crippen LogP contribution in [0, 0.1) is 25.2 Å². The average Bonchev–Trinajstić information content (AvgIpc) is 3.60. The number of amides is 1. The van der Waals surface area contributed by atoms with Gasteiger partial charge >= 0.3 is 5.97 Å². The van der Waals surface area contributed by atoms with Crippen LogP contribution < -0.4 is 34.9 Å². The van der Waals surface area contributed by atoms with Crippen molar-refractivity contribution in [3.05, 3.63) is 69.8 Å². The molecular weight excluding hydrogens is 685 g/mol. The third kappa shape index (κ3) is 5.82. The molecule has 3 aromatic carbocycles. The third-order valence-corrected chi connectivity index (χ3v) is 11.0. The molecule has 2 bridgehead atoms. The number of carbonyl (C=O) groups is 2. The molecule has 1 fully saturated rings. The van der Waals surface area contributed by atoms with E-state index in [2.05, 4.69) is 31.8 Å². The smallest absolute Gasteiger partial charge is 0.308 e. The summed E-state index contributed by atoms with van der Waals surface area (Å²) >= 11 is 5.49. The highest BCUT2D eigenvalue weighted by Crippen LogP contribution is 2.58. The maximum Gasteiger partial charge on any atom is 0.308 e. The Balaban J connectivity index is 1.31. The van der Waals surface area contributed by atoms with Gasteiger partial charge in [-0.2, -0.15) is 5.26 Å². The first kappa shape index (κ1) is 35.3. The molecule has 14 heteroatoms. The number of nitrogens with zero attached hydrogens (tertiary/aromatic N) is 3. The van der Waals surface area contributed by atoms with E-state index in [4.69, 9.17) is 31.2 Å². The number of thiocarbonyl (C=S) groups is 1. The zero-order valence-electron chi connectivity index (χ0n) is 29.9. The van der Waals surface area contributed by atoms with Crippen molar-refractivity contribution in [2.45, 2.75) is 76.8 Å². The molecule has 1 saturated heterocycles. The zero-order valence-corrected chi connectivity index (χ0v) is 30.7. The first-order chi connectivity index (χ1) is 24.9. The first-order valence-electron chi connectivity index (χ1n) is 17.3. The number of phenols is 1. The van der Waals surface area contributed by atoms with E-state index in [9.17, 15) is 20.0 Å². The molecule has 0 aromatic heterocycles. The molecule has 13 nitrogen and oxygen atoms in total. The lowest BCUT2D eigenvalue weighted by atomic mass is 9.71. The number of esters is 1. The molecule has 3 aromatic rings. The summed E-state index contributed by atoms with van der Waals surface area (Å²) in [7, 11) is 3.52. The number of likely N-dealkylation sites (N-methyl/N-ethyl adjacent to an activating group) is 1. The second-order valence-electron chi connectivity index (χ2n) is 13.8. The topological polar surface area (TPSA) is 158 Å². The Bertz CT molecular complexity index is 2000. The number of hydrogen-bond donors (Lipinski definition) is 4. The van der Waals surface area contributed by atoms with Crippen LogP contribution in [-0.2, 0) is 22.4 Å². The summed E-state index contributed by atoms with van der Waals surface area (Å²) in [5.41, 5.74) is 5.34. The molecule has 272 valence electrons. The van der Waals surface area contributed by atoms with Gasteiger partial charge in [-0.3, -0.25) is 19.4 Å². The number of para-hydroxylation sites is 1. The molecule has 4 heterocycles. The third-order valence-electron chi connectivity index (χ3n) is 10.8. The maximum absolute atomic E-state index is 13.7. The Hall–Kier alpha value is -5.10. The summed E-state index contributed by atoms with van der Waals surface area (Å²) in [4.78, 5) is 30.6.